The van der Waals surface area contributed by atoms with Crippen molar-refractivity contribution in [3.63, 3.8) is 0 Å². The summed E-state index contributed by atoms with van der Waals surface area (Å²) < 4.78 is 10.8. The van der Waals surface area contributed by atoms with Gasteiger partial charge < -0.3 is 9.47 Å². The molecule has 0 heterocycles. The van der Waals surface area contributed by atoms with Crippen LogP contribution >= 0.6 is 0 Å². The van der Waals surface area contributed by atoms with Crippen molar-refractivity contribution in [2.24, 2.45) is 5.41 Å². The normalized spacial score (nSPS) is 35.8. The minimum Gasteiger partial charge on any atom is -0.384 e. The summed E-state index contributed by atoms with van der Waals surface area (Å²) in [4.78, 5) is 0. The third-order valence-electron chi connectivity index (χ3n) is 3.24. The highest BCUT2D eigenvalue weighted by Crippen LogP contribution is 2.42. The molecule has 2 unspecified atom stereocenters. The van der Waals surface area contributed by atoms with Gasteiger partial charge in [0.05, 0.1) is 12.7 Å². The summed E-state index contributed by atoms with van der Waals surface area (Å²) in [7, 11) is 3.60. The van der Waals surface area contributed by atoms with Gasteiger partial charge in [-0.05, 0) is 19.3 Å². The van der Waals surface area contributed by atoms with Crippen molar-refractivity contribution in [1.29, 1.82) is 0 Å². The molecular weight excluding hydrogens is 152 g/mol. The van der Waals surface area contributed by atoms with Crippen LogP contribution in [0.25, 0.3) is 0 Å². The molecule has 1 aliphatic carbocycles. The fraction of sp³-hybridized carbons (Fsp3) is 1.00. The van der Waals surface area contributed by atoms with Gasteiger partial charge in [-0.3, -0.25) is 0 Å². The van der Waals surface area contributed by atoms with Crippen molar-refractivity contribution in [2.75, 3.05) is 20.8 Å². The third-order valence-corrected chi connectivity index (χ3v) is 3.24. The standard InChI is InChI=1S/C10H20O2/c1-4-10(8-11-2)7-5-6-9(10)12-3/h9H,4-8H2,1-3H3. The average Bonchev–Trinajstić information content (AvgIpc) is 2.49. The van der Waals surface area contributed by atoms with Crippen molar-refractivity contribution in [3.05, 3.63) is 0 Å². The van der Waals surface area contributed by atoms with E-state index in [1.165, 1.54) is 25.7 Å². The van der Waals surface area contributed by atoms with E-state index >= 15 is 0 Å². The second-order valence-corrected chi connectivity index (χ2v) is 3.77. The molecule has 0 N–H and O–H groups in total. The van der Waals surface area contributed by atoms with Gasteiger partial charge in [-0.15, -0.1) is 0 Å². The van der Waals surface area contributed by atoms with Crippen molar-refractivity contribution in [1.82, 2.24) is 0 Å². The van der Waals surface area contributed by atoms with Gasteiger partial charge in [0, 0.05) is 19.6 Å². The molecule has 0 saturated heterocycles. The highest BCUT2D eigenvalue weighted by molar-refractivity contribution is 4.91. The molecule has 0 spiro atoms. The molecule has 1 rings (SSSR count). The van der Waals surface area contributed by atoms with Crippen molar-refractivity contribution < 1.29 is 9.47 Å². The second kappa shape index (κ2) is 4.24. The predicted octanol–water partition coefficient (Wildman–Crippen LogP) is 2.23. The molecule has 1 fully saturated rings. The van der Waals surface area contributed by atoms with E-state index in [1.807, 2.05) is 7.11 Å². The van der Waals surface area contributed by atoms with Crippen LogP contribution in [-0.4, -0.2) is 26.9 Å². The second-order valence-electron chi connectivity index (χ2n) is 3.77. The summed E-state index contributed by atoms with van der Waals surface area (Å²) in [5.41, 5.74) is 0.309. The van der Waals surface area contributed by atoms with Crippen LogP contribution < -0.4 is 0 Å². The van der Waals surface area contributed by atoms with Gasteiger partial charge in [0.1, 0.15) is 0 Å². The molecule has 0 aliphatic heterocycles. The van der Waals surface area contributed by atoms with E-state index in [0.29, 0.717) is 11.5 Å². The molecule has 0 amide bonds. The van der Waals surface area contributed by atoms with Gasteiger partial charge in [-0.1, -0.05) is 13.3 Å². The Morgan fingerprint density at radius 3 is 2.67 bits per heavy atom. The van der Waals surface area contributed by atoms with Gasteiger partial charge in [0.25, 0.3) is 0 Å². The van der Waals surface area contributed by atoms with Crippen molar-refractivity contribution in [3.8, 4) is 0 Å². The molecule has 0 radical (unpaired) electrons. The van der Waals surface area contributed by atoms with Crippen molar-refractivity contribution in [2.45, 2.75) is 38.7 Å². The van der Waals surface area contributed by atoms with E-state index < -0.39 is 0 Å². The van der Waals surface area contributed by atoms with Gasteiger partial charge in [0.2, 0.25) is 0 Å². The highest BCUT2D eigenvalue weighted by atomic mass is 16.5. The first-order valence-electron chi connectivity index (χ1n) is 4.81. The Balaban J connectivity index is 2.61. The molecule has 1 aliphatic rings. The highest BCUT2D eigenvalue weighted by Gasteiger charge is 2.41. The molecule has 2 atom stereocenters. The van der Waals surface area contributed by atoms with Crippen LogP contribution in [-0.2, 0) is 9.47 Å². The van der Waals surface area contributed by atoms with Crippen LogP contribution in [0.15, 0.2) is 0 Å². The first kappa shape index (κ1) is 10.0. The largest absolute Gasteiger partial charge is 0.384 e. The van der Waals surface area contributed by atoms with E-state index in [2.05, 4.69) is 6.92 Å². The molecule has 72 valence electrons. The molecule has 0 aromatic rings. The lowest BCUT2D eigenvalue weighted by Gasteiger charge is -2.32. The third kappa shape index (κ3) is 1.64. The Kier molecular flexibility index (Phi) is 3.53. The predicted molar refractivity (Wildman–Crippen MR) is 49.2 cm³/mol. The maximum Gasteiger partial charge on any atom is 0.0649 e. The van der Waals surface area contributed by atoms with Gasteiger partial charge in [0.15, 0.2) is 0 Å². The first-order valence-corrected chi connectivity index (χ1v) is 4.81. The number of methoxy groups -OCH3 is 2. The monoisotopic (exact) mass is 172 g/mol. The Bertz CT molecular complexity index is 136. The lowest BCUT2D eigenvalue weighted by molar-refractivity contribution is -0.0368. The molecule has 12 heavy (non-hydrogen) atoms. The SMILES string of the molecule is CCC1(COC)CCCC1OC. The number of hydrogen-bond donors (Lipinski definition) is 0. The average molecular weight is 172 g/mol. The van der Waals surface area contributed by atoms with E-state index in [9.17, 15) is 0 Å². The zero-order chi connectivity index (χ0) is 9.03. The number of hydrogen-bond acceptors (Lipinski definition) is 2. The topological polar surface area (TPSA) is 18.5 Å². The van der Waals surface area contributed by atoms with Crippen LogP contribution in [0.2, 0.25) is 0 Å². The van der Waals surface area contributed by atoms with Crippen LogP contribution in [0, 0.1) is 5.41 Å². The maximum atomic E-state index is 5.49. The molecule has 0 bridgehead atoms. The molecule has 0 aromatic heterocycles. The number of ether oxygens (including phenoxy) is 2. The fourth-order valence-electron chi connectivity index (χ4n) is 2.43. The summed E-state index contributed by atoms with van der Waals surface area (Å²) in [6.07, 6.45) is 5.33. The Labute approximate surface area is 75.2 Å². The van der Waals surface area contributed by atoms with Gasteiger partial charge >= 0.3 is 0 Å². The van der Waals surface area contributed by atoms with Crippen LogP contribution in [0.3, 0.4) is 0 Å². The van der Waals surface area contributed by atoms with Gasteiger partial charge in [-0.25, -0.2) is 0 Å². The summed E-state index contributed by atoms with van der Waals surface area (Å²) in [5.74, 6) is 0. The fourth-order valence-corrected chi connectivity index (χ4v) is 2.43. The summed E-state index contributed by atoms with van der Waals surface area (Å²) in [6, 6.07) is 0. The van der Waals surface area contributed by atoms with E-state index in [0.717, 1.165) is 6.61 Å². The summed E-state index contributed by atoms with van der Waals surface area (Å²) in [6.45, 7) is 3.08. The molecule has 0 aromatic carbocycles. The maximum absolute atomic E-state index is 5.49. The van der Waals surface area contributed by atoms with E-state index in [-0.39, 0.29) is 0 Å². The molecule has 2 nitrogen and oxygen atoms in total. The molecule has 2 heteroatoms. The summed E-state index contributed by atoms with van der Waals surface area (Å²) >= 11 is 0. The first-order chi connectivity index (χ1) is 5.79. The van der Waals surface area contributed by atoms with Crippen molar-refractivity contribution >= 4 is 0 Å². The smallest absolute Gasteiger partial charge is 0.0649 e. The number of rotatable bonds is 4. The van der Waals surface area contributed by atoms with Crippen LogP contribution in [0.4, 0.5) is 0 Å². The Morgan fingerprint density at radius 2 is 2.17 bits per heavy atom. The lowest BCUT2D eigenvalue weighted by atomic mass is 9.82. The Hall–Kier alpha value is -0.0800. The minimum absolute atomic E-state index is 0.309. The van der Waals surface area contributed by atoms with Crippen LogP contribution in [0.1, 0.15) is 32.6 Å². The van der Waals surface area contributed by atoms with Gasteiger partial charge in [-0.2, -0.15) is 0 Å². The van der Waals surface area contributed by atoms with Crippen LogP contribution in [0.5, 0.6) is 0 Å². The van der Waals surface area contributed by atoms with E-state index in [1.54, 1.807) is 7.11 Å². The lowest BCUT2D eigenvalue weighted by Crippen LogP contribution is -2.35. The Morgan fingerprint density at radius 1 is 1.42 bits per heavy atom. The molecule has 1 saturated carbocycles. The zero-order valence-electron chi connectivity index (χ0n) is 8.43. The molecular formula is C10H20O2. The zero-order valence-corrected chi connectivity index (χ0v) is 8.43. The minimum atomic E-state index is 0.309. The quantitative estimate of drug-likeness (QED) is 0.647. The summed E-state index contributed by atoms with van der Waals surface area (Å²) in [5, 5.41) is 0. The van der Waals surface area contributed by atoms with E-state index in [4.69, 9.17) is 9.47 Å².